The van der Waals surface area contributed by atoms with E-state index >= 15 is 0 Å². The summed E-state index contributed by atoms with van der Waals surface area (Å²) in [5.41, 5.74) is -0.181. The summed E-state index contributed by atoms with van der Waals surface area (Å²) in [5.74, 6) is 0.299. The molecule has 1 aromatic heterocycles. The van der Waals surface area contributed by atoms with Crippen molar-refractivity contribution < 1.29 is 4.79 Å². The molecule has 1 N–H and O–H groups in total. The van der Waals surface area contributed by atoms with Gasteiger partial charge in [0.1, 0.15) is 12.1 Å². The number of nitrogens with one attached hydrogen (secondary N) is 1. The molecule has 1 aliphatic carbocycles. The largest absolute Gasteiger partial charge is 0.343 e. The molecule has 0 amide bonds. The summed E-state index contributed by atoms with van der Waals surface area (Å²) in [6.45, 7) is 0. The zero-order chi connectivity index (χ0) is 9.26. The molecule has 0 saturated heterocycles. The lowest BCUT2D eigenvalue weighted by molar-refractivity contribution is -0.120. The molecule has 1 aromatic rings. The Morgan fingerprint density at radius 2 is 2.08 bits per heavy atom. The fourth-order valence-electron chi connectivity index (χ4n) is 1.72. The zero-order valence-electron chi connectivity index (χ0n) is 7.19. The molecule has 0 bridgehead atoms. The topological polar surface area (TPSA) is 67.8 Å². The van der Waals surface area contributed by atoms with Gasteiger partial charge in [-0.25, -0.2) is 9.89 Å². The van der Waals surface area contributed by atoms with Gasteiger partial charge in [-0.1, -0.05) is 0 Å². The number of hydrogen-bond acceptors (Lipinski definition) is 3. The molecule has 0 unspecified atom stereocenters. The van der Waals surface area contributed by atoms with Crippen LogP contribution in [0.5, 0.6) is 0 Å². The Hall–Kier alpha value is -1.39. The third-order valence-electron chi connectivity index (χ3n) is 2.48. The molecule has 1 aliphatic rings. The van der Waals surface area contributed by atoms with Crippen LogP contribution in [0.25, 0.3) is 0 Å². The van der Waals surface area contributed by atoms with Gasteiger partial charge in [0.2, 0.25) is 0 Å². The molecule has 2 rings (SSSR count). The number of Topliss-reactive ketones (excluding diaryl/α,β-unsaturated/α-hetero) is 1. The maximum Gasteiger partial charge on any atom is 0.343 e. The molecule has 5 heteroatoms. The minimum atomic E-state index is -0.181. The van der Waals surface area contributed by atoms with Gasteiger partial charge in [0.25, 0.3) is 0 Å². The predicted octanol–water partition coefficient (Wildman–Crippen LogP) is 0.256. The highest BCUT2D eigenvalue weighted by Crippen LogP contribution is 2.24. The van der Waals surface area contributed by atoms with Crippen molar-refractivity contribution in [3.8, 4) is 0 Å². The van der Waals surface area contributed by atoms with E-state index in [2.05, 4.69) is 10.2 Å². The lowest BCUT2D eigenvalue weighted by Gasteiger charge is -2.20. The first kappa shape index (κ1) is 8.22. The number of hydrogen-bond donors (Lipinski definition) is 1. The van der Waals surface area contributed by atoms with Gasteiger partial charge in [0.15, 0.2) is 0 Å². The third-order valence-corrected chi connectivity index (χ3v) is 2.48. The average Bonchev–Trinajstić information content (AvgIpc) is 2.53. The third kappa shape index (κ3) is 1.54. The van der Waals surface area contributed by atoms with Crippen LogP contribution in [0.1, 0.15) is 31.7 Å². The van der Waals surface area contributed by atoms with Gasteiger partial charge in [-0.15, -0.1) is 0 Å². The van der Waals surface area contributed by atoms with Crippen molar-refractivity contribution in [1.82, 2.24) is 14.8 Å². The number of aromatic nitrogens is 3. The molecular weight excluding hydrogens is 170 g/mol. The van der Waals surface area contributed by atoms with Crippen LogP contribution < -0.4 is 5.69 Å². The second-order valence-corrected chi connectivity index (χ2v) is 3.34. The molecule has 0 spiro atoms. The first-order valence-electron chi connectivity index (χ1n) is 4.40. The molecule has 0 atom stereocenters. The van der Waals surface area contributed by atoms with E-state index in [4.69, 9.17) is 0 Å². The van der Waals surface area contributed by atoms with E-state index in [1.165, 1.54) is 6.33 Å². The van der Waals surface area contributed by atoms with Crippen LogP contribution in [-0.2, 0) is 4.79 Å². The molecule has 1 fully saturated rings. The minimum Gasteiger partial charge on any atom is -0.300 e. The average molecular weight is 181 g/mol. The monoisotopic (exact) mass is 181 g/mol. The summed E-state index contributed by atoms with van der Waals surface area (Å²) in [5, 5.41) is 6.01. The van der Waals surface area contributed by atoms with E-state index in [1.54, 1.807) is 4.57 Å². The fraction of sp³-hybridized carbons (Fsp3) is 0.625. The molecule has 70 valence electrons. The highest BCUT2D eigenvalue weighted by molar-refractivity contribution is 5.79. The summed E-state index contributed by atoms with van der Waals surface area (Å²) in [6, 6.07) is 0.156. The summed E-state index contributed by atoms with van der Waals surface area (Å²) in [7, 11) is 0. The van der Waals surface area contributed by atoms with Crippen molar-refractivity contribution in [2.75, 3.05) is 0 Å². The Morgan fingerprint density at radius 1 is 1.38 bits per heavy atom. The maximum absolute atomic E-state index is 11.2. The summed E-state index contributed by atoms with van der Waals surface area (Å²) in [6.07, 6.45) is 4.20. The van der Waals surface area contributed by atoms with Crippen LogP contribution in [0.2, 0.25) is 0 Å². The van der Waals surface area contributed by atoms with E-state index in [-0.39, 0.29) is 11.7 Å². The van der Waals surface area contributed by atoms with Crippen molar-refractivity contribution in [2.45, 2.75) is 31.7 Å². The van der Waals surface area contributed by atoms with E-state index in [1.807, 2.05) is 0 Å². The van der Waals surface area contributed by atoms with E-state index in [0.717, 1.165) is 12.8 Å². The predicted molar refractivity (Wildman–Crippen MR) is 45.4 cm³/mol. The van der Waals surface area contributed by atoms with Crippen molar-refractivity contribution >= 4 is 5.78 Å². The van der Waals surface area contributed by atoms with Crippen LogP contribution in [0.4, 0.5) is 0 Å². The van der Waals surface area contributed by atoms with Gasteiger partial charge in [-0.2, -0.15) is 5.10 Å². The Morgan fingerprint density at radius 3 is 2.62 bits per heavy atom. The summed E-state index contributed by atoms with van der Waals surface area (Å²) >= 11 is 0. The van der Waals surface area contributed by atoms with Crippen molar-refractivity contribution in [2.24, 2.45) is 0 Å². The number of rotatable bonds is 1. The highest BCUT2D eigenvalue weighted by atomic mass is 16.1. The van der Waals surface area contributed by atoms with Crippen LogP contribution in [0.15, 0.2) is 11.1 Å². The smallest absolute Gasteiger partial charge is 0.300 e. The van der Waals surface area contributed by atoms with Gasteiger partial charge in [-0.3, -0.25) is 9.36 Å². The highest BCUT2D eigenvalue weighted by Gasteiger charge is 2.20. The second kappa shape index (κ2) is 3.16. The van der Waals surface area contributed by atoms with Gasteiger partial charge in [0.05, 0.1) is 0 Å². The number of H-pyrrole nitrogens is 1. The van der Waals surface area contributed by atoms with E-state index in [9.17, 15) is 9.59 Å². The van der Waals surface area contributed by atoms with Crippen molar-refractivity contribution in [1.29, 1.82) is 0 Å². The van der Waals surface area contributed by atoms with E-state index in [0.29, 0.717) is 18.6 Å². The number of aromatic amines is 1. The standard InChI is InChI=1S/C8H11N3O2/c12-7-3-1-6(2-4-7)11-5-9-10-8(11)13/h5-6H,1-4H2,(H,10,13). The molecule has 13 heavy (non-hydrogen) atoms. The van der Waals surface area contributed by atoms with Crippen LogP contribution >= 0.6 is 0 Å². The quantitative estimate of drug-likeness (QED) is 0.675. The van der Waals surface area contributed by atoms with Crippen LogP contribution in [-0.4, -0.2) is 20.5 Å². The number of ketones is 1. The van der Waals surface area contributed by atoms with Gasteiger partial charge in [-0.05, 0) is 12.8 Å². The number of carbonyl (C=O) groups is 1. The van der Waals surface area contributed by atoms with Gasteiger partial charge < -0.3 is 0 Å². The van der Waals surface area contributed by atoms with Crippen LogP contribution in [0, 0.1) is 0 Å². The fourth-order valence-corrected chi connectivity index (χ4v) is 1.72. The zero-order valence-corrected chi connectivity index (χ0v) is 7.19. The van der Waals surface area contributed by atoms with Crippen molar-refractivity contribution in [3.63, 3.8) is 0 Å². The first-order valence-corrected chi connectivity index (χ1v) is 4.40. The summed E-state index contributed by atoms with van der Waals surface area (Å²) < 4.78 is 1.58. The van der Waals surface area contributed by atoms with Gasteiger partial charge >= 0.3 is 5.69 Å². The lowest BCUT2D eigenvalue weighted by Crippen LogP contribution is -2.25. The molecule has 0 aromatic carbocycles. The molecule has 1 saturated carbocycles. The molecule has 1 heterocycles. The molecule has 0 radical (unpaired) electrons. The Kier molecular flexibility index (Phi) is 2.00. The molecule has 5 nitrogen and oxygen atoms in total. The Bertz CT molecular complexity index is 355. The number of nitrogens with zero attached hydrogens (tertiary/aromatic N) is 2. The van der Waals surface area contributed by atoms with E-state index < -0.39 is 0 Å². The number of carbonyl (C=O) groups excluding carboxylic acids is 1. The first-order chi connectivity index (χ1) is 6.27. The maximum atomic E-state index is 11.2. The Labute approximate surface area is 74.8 Å². The molecule has 0 aliphatic heterocycles. The molecular formula is C8H11N3O2. The Balaban J connectivity index is 2.15. The summed E-state index contributed by atoms with van der Waals surface area (Å²) in [4.78, 5) is 22.1. The lowest BCUT2D eigenvalue weighted by atomic mass is 9.94. The normalized spacial score (nSPS) is 19.2. The minimum absolute atomic E-state index is 0.156. The van der Waals surface area contributed by atoms with Gasteiger partial charge in [0, 0.05) is 18.9 Å². The SMILES string of the molecule is O=C1CCC(n2cn[nH]c2=O)CC1. The van der Waals surface area contributed by atoms with Crippen molar-refractivity contribution in [3.05, 3.63) is 16.8 Å². The van der Waals surface area contributed by atoms with Crippen LogP contribution in [0.3, 0.4) is 0 Å². The second-order valence-electron chi connectivity index (χ2n) is 3.34.